The first-order chi connectivity index (χ1) is 10.5. The zero-order chi connectivity index (χ0) is 16.5. The van der Waals surface area contributed by atoms with Crippen LogP contribution < -0.4 is 9.47 Å². The van der Waals surface area contributed by atoms with Gasteiger partial charge in [-0.05, 0) is 49.8 Å². The Bertz CT molecular complexity index is 431. The molecule has 4 nitrogen and oxygen atoms in total. The molecule has 0 fully saturated rings. The van der Waals surface area contributed by atoms with Crippen molar-refractivity contribution in [3.8, 4) is 11.5 Å². The summed E-state index contributed by atoms with van der Waals surface area (Å²) < 4.78 is 11.5. The Morgan fingerprint density at radius 3 is 2.09 bits per heavy atom. The van der Waals surface area contributed by atoms with Gasteiger partial charge >= 0.3 is 0 Å². The number of rotatable bonds is 10. The summed E-state index contributed by atoms with van der Waals surface area (Å²) in [6, 6.07) is 5.92. The maximum Gasteiger partial charge on any atom is 0.161 e. The molecule has 0 heterocycles. The van der Waals surface area contributed by atoms with E-state index in [1.165, 1.54) is 0 Å². The van der Waals surface area contributed by atoms with E-state index >= 15 is 0 Å². The fourth-order valence-electron chi connectivity index (χ4n) is 2.18. The summed E-state index contributed by atoms with van der Waals surface area (Å²) in [6.45, 7) is 9.10. The molecule has 0 aliphatic carbocycles. The molecule has 1 aromatic carbocycles. The van der Waals surface area contributed by atoms with Crippen LogP contribution in [0, 0.1) is 0 Å². The summed E-state index contributed by atoms with van der Waals surface area (Å²) in [5.41, 5.74) is 1.08. The van der Waals surface area contributed by atoms with Crippen molar-refractivity contribution in [1.29, 1.82) is 0 Å². The van der Waals surface area contributed by atoms with Crippen molar-refractivity contribution in [3.63, 3.8) is 0 Å². The quantitative estimate of drug-likeness (QED) is 0.694. The summed E-state index contributed by atoms with van der Waals surface area (Å²) in [5.74, 6) is 1.65. The van der Waals surface area contributed by atoms with E-state index in [0.29, 0.717) is 19.6 Å². The van der Waals surface area contributed by atoms with Gasteiger partial charge in [0.2, 0.25) is 0 Å². The Labute approximate surface area is 134 Å². The molecule has 2 N–H and O–H groups in total. The van der Waals surface area contributed by atoms with E-state index < -0.39 is 12.2 Å². The van der Waals surface area contributed by atoms with E-state index in [4.69, 9.17) is 9.47 Å². The van der Waals surface area contributed by atoms with Crippen molar-refractivity contribution in [3.05, 3.63) is 23.8 Å². The van der Waals surface area contributed by atoms with Crippen molar-refractivity contribution >= 4 is 0 Å². The number of aliphatic hydroxyl groups excluding tert-OH is 2. The van der Waals surface area contributed by atoms with Crippen LogP contribution in [0.1, 0.15) is 58.4 Å². The minimum absolute atomic E-state index is 0.133. The molecule has 22 heavy (non-hydrogen) atoms. The Kier molecular flexibility index (Phi) is 8.28. The molecule has 1 rings (SSSR count). The molecule has 126 valence electrons. The van der Waals surface area contributed by atoms with Crippen LogP contribution in [-0.2, 0) is 0 Å². The van der Waals surface area contributed by atoms with Crippen LogP contribution in [0.2, 0.25) is 0 Å². The predicted molar refractivity (Wildman–Crippen MR) is 88.7 cm³/mol. The van der Waals surface area contributed by atoms with Gasteiger partial charge in [0.15, 0.2) is 11.5 Å². The second-order valence-electron chi connectivity index (χ2n) is 5.85. The summed E-state index contributed by atoms with van der Waals surface area (Å²) in [5, 5.41) is 19.3. The van der Waals surface area contributed by atoms with Crippen molar-refractivity contribution in [2.75, 3.05) is 13.2 Å². The third kappa shape index (κ3) is 5.85. The Morgan fingerprint density at radius 2 is 1.55 bits per heavy atom. The van der Waals surface area contributed by atoms with Crippen molar-refractivity contribution in [2.24, 2.45) is 0 Å². The smallest absolute Gasteiger partial charge is 0.161 e. The van der Waals surface area contributed by atoms with E-state index in [1.54, 1.807) is 6.92 Å². The first-order valence-electron chi connectivity index (χ1n) is 8.25. The minimum atomic E-state index is -0.717. The molecule has 0 aliphatic heterocycles. The Morgan fingerprint density at radius 1 is 0.955 bits per heavy atom. The number of ether oxygens (including phenoxy) is 2. The molecule has 4 heteroatoms. The minimum Gasteiger partial charge on any atom is -0.490 e. The monoisotopic (exact) mass is 310 g/mol. The first-order valence-corrected chi connectivity index (χ1v) is 8.25. The fraction of sp³-hybridized carbons (Fsp3) is 0.667. The van der Waals surface area contributed by atoms with Gasteiger partial charge in [-0.1, -0.05) is 26.8 Å². The molecule has 0 saturated heterocycles. The van der Waals surface area contributed by atoms with Gasteiger partial charge in [-0.25, -0.2) is 0 Å². The Balaban J connectivity index is 2.86. The molecule has 0 aromatic heterocycles. The molecule has 1 aromatic rings. The third-order valence-electron chi connectivity index (χ3n) is 3.61. The Hall–Kier alpha value is -1.26. The van der Waals surface area contributed by atoms with Crippen LogP contribution in [0.25, 0.3) is 0 Å². The highest BCUT2D eigenvalue weighted by Crippen LogP contribution is 2.33. The predicted octanol–water partition coefficient (Wildman–Crippen LogP) is 3.50. The van der Waals surface area contributed by atoms with Crippen LogP contribution >= 0.6 is 0 Å². The lowest BCUT2D eigenvalue weighted by Crippen LogP contribution is -2.24. The van der Waals surface area contributed by atoms with Crippen LogP contribution in [0.4, 0.5) is 0 Å². The van der Waals surface area contributed by atoms with E-state index in [0.717, 1.165) is 29.9 Å². The lowest BCUT2D eigenvalue weighted by Gasteiger charge is -2.20. The van der Waals surface area contributed by atoms with Crippen molar-refractivity contribution in [1.82, 2.24) is 0 Å². The molecule has 0 radical (unpaired) electrons. The molecule has 3 unspecified atom stereocenters. The molecule has 0 spiro atoms. The standard InChI is InChI=1S/C18H30O4/c1-5-9-21-17-8-7-15(12-18(17)22-10-6-2)13(3)11-16(20)14(4)19/h7-8,12-14,16,19-20H,5-6,9-11H2,1-4H3. The maximum atomic E-state index is 9.83. The second-order valence-corrected chi connectivity index (χ2v) is 5.85. The van der Waals surface area contributed by atoms with Gasteiger partial charge in [0.1, 0.15) is 0 Å². The van der Waals surface area contributed by atoms with E-state index in [-0.39, 0.29) is 5.92 Å². The van der Waals surface area contributed by atoms with Gasteiger partial charge in [0.05, 0.1) is 25.4 Å². The number of benzene rings is 1. The van der Waals surface area contributed by atoms with E-state index in [9.17, 15) is 10.2 Å². The highest BCUT2D eigenvalue weighted by atomic mass is 16.5. The summed E-state index contributed by atoms with van der Waals surface area (Å²) in [6.07, 6.45) is 0.969. The molecular weight excluding hydrogens is 280 g/mol. The molecule has 3 atom stereocenters. The molecule has 0 saturated carbocycles. The average molecular weight is 310 g/mol. The summed E-state index contributed by atoms with van der Waals surface area (Å²) >= 11 is 0. The number of hydrogen-bond acceptors (Lipinski definition) is 4. The van der Waals surface area contributed by atoms with E-state index in [1.807, 2.05) is 25.1 Å². The van der Waals surface area contributed by atoms with E-state index in [2.05, 4.69) is 13.8 Å². The molecular formula is C18H30O4. The van der Waals surface area contributed by atoms with Gasteiger partial charge in [0.25, 0.3) is 0 Å². The van der Waals surface area contributed by atoms with Crippen molar-refractivity contribution in [2.45, 2.75) is 65.1 Å². The number of hydrogen-bond donors (Lipinski definition) is 2. The largest absolute Gasteiger partial charge is 0.490 e. The average Bonchev–Trinajstić information content (AvgIpc) is 2.50. The molecule has 0 bridgehead atoms. The third-order valence-corrected chi connectivity index (χ3v) is 3.61. The molecule has 0 amide bonds. The second kappa shape index (κ2) is 9.70. The lowest BCUT2D eigenvalue weighted by molar-refractivity contribution is 0.0227. The highest BCUT2D eigenvalue weighted by molar-refractivity contribution is 5.44. The maximum absolute atomic E-state index is 9.83. The first kappa shape index (κ1) is 18.8. The normalized spacial score (nSPS) is 15.2. The number of aliphatic hydroxyl groups is 2. The van der Waals surface area contributed by atoms with Crippen LogP contribution in [0.3, 0.4) is 0 Å². The van der Waals surface area contributed by atoms with Gasteiger partial charge in [-0.15, -0.1) is 0 Å². The van der Waals surface area contributed by atoms with Crippen LogP contribution in [0.5, 0.6) is 11.5 Å². The van der Waals surface area contributed by atoms with Gasteiger partial charge in [0, 0.05) is 0 Å². The zero-order valence-electron chi connectivity index (χ0n) is 14.2. The van der Waals surface area contributed by atoms with Crippen LogP contribution in [-0.4, -0.2) is 35.6 Å². The molecule has 0 aliphatic rings. The van der Waals surface area contributed by atoms with Gasteiger partial charge < -0.3 is 19.7 Å². The fourth-order valence-corrected chi connectivity index (χ4v) is 2.18. The lowest BCUT2D eigenvalue weighted by atomic mass is 9.93. The van der Waals surface area contributed by atoms with Gasteiger partial charge in [-0.2, -0.15) is 0 Å². The van der Waals surface area contributed by atoms with Crippen molar-refractivity contribution < 1.29 is 19.7 Å². The SMILES string of the molecule is CCCOc1ccc(C(C)CC(O)C(C)O)cc1OCCC. The van der Waals surface area contributed by atoms with Gasteiger partial charge in [-0.3, -0.25) is 0 Å². The van der Waals surface area contributed by atoms with Crippen LogP contribution in [0.15, 0.2) is 18.2 Å². The topological polar surface area (TPSA) is 58.9 Å². The zero-order valence-corrected chi connectivity index (χ0v) is 14.2. The highest BCUT2D eigenvalue weighted by Gasteiger charge is 2.18. The summed E-state index contributed by atoms with van der Waals surface area (Å²) in [7, 11) is 0. The summed E-state index contributed by atoms with van der Waals surface area (Å²) in [4.78, 5) is 0.